The highest BCUT2D eigenvalue weighted by molar-refractivity contribution is 7.92. The maximum atomic E-state index is 13.1. The smallest absolute Gasteiger partial charge is 0.232 e. The van der Waals surface area contributed by atoms with Gasteiger partial charge in [-0.15, -0.1) is 0 Å². The topological polar surface area (TPSA) is 57.7 Å². The summed E-state index contributed by atoms with van der Waals surface area (Å²) in [5, 5.41) is 0. The first-order valence-electron chi connectivity index (χ1n) is 8.90. The maximum absolute atomic E-state index is 13.1. The minimum Gasteiger partial charge on any atom is -0.309 e. The van der Waals surface area contributed by atoms with Gasteiger partial charge < -0.3 is 4.90 Å². The summed E-state index contributed by atoms with van der Waals surface area (Å²) >= 11 is 0. The second-order valence-corrected chi connectivity index (χ2v) is 8.77. The summed E-state index contributed by atoms with van der Waals surface area (Å²) in [6, 6.07) is 13.2. The first-order chi connectivity index (χ1) is 12.8. The molecular weight excluding hydrogens is 367 g/mol. The van der Waals surface area contributed by atoms with E-state index >= 15 is 0 Å². The number of para-hydroxylation sites is 1. The van der Waals surface area contributed by atoms with E-state index in [0.717, 1.165) is 23.9 Å². The van der Waals surface area contributed by atoms with Crippen LogP contribution < -0.4 is 9.21 Å². The van der Waals surface area contributed by atoms with Crippen LogP contribution in [0.4, 0.5) is 15.8 Å². The normalized spacial score (nSPS) is 16.3. The molecule has 27 heavy (non-hydrogen) atoms. The Morgan fingerprint density at radius 3 is 2.52 bits per heavy atom. The van der Waals surface area contributed by atoms with Crippen molar-refractivity contribution in [3.63, 3.8) is 0 Å². The van der Waals surface area contributed by atoms with Gasteiger partial charge in [-0.3, -0.25) is 9.10 Å². The molecular formula is C20H23FN2O3S. The van der Waals surface area contributed by atoms with Crippen LogP contribution in [0.1, 0.15) is 25.3 Å². The summed E-state index contributed by atoms with van der Waals surface area (Å²) in [7, 11) is -3.52. The van der Waals surface area contributed by atoms with Gasteiger partial charge in [-0.1, -0.05) is 18.2 Å². The quantitative estimate of drug-likeness (QED) is 0.760. The molecule has 0 spiro atoms. The molecule has 1 heterocycles. The highest BCUT2D eigenvalue weighted by Gasteiger charge is 2.30. The summed E-state index contributed by atoms with van der Waals surface area (Å²) in [6.07, 6.45) is 2.56. The van der Waals surface area contributed by atoms with Gasteiger partial charge in [-0.05, 0) is 55.7 Å². The van der Waals surface area contributed by atoms with Crippen LogP contribution >= 0.6 is 0 Å². The van der Waals surface area contributed by atoms with Crippen LogP contribution in [0.15, 0.2) is 48.5 Å². The molecule has 5 nitrogen and oxygen atoms in total. The number of rotatable bonds is 6. The molecule has 7 heteroatoms. The van der Waals surface area contributed by atoms with E-state index < -0.39 is 15.8 Å². The summed E-state index contributed by atoms with van der Waals surface area (Å²) in [5.74, 6) is -0.441. The molecule has 0 aliphatic carbocycles. The van der Waals surface area contributed by atoms with E-state index in [1.807, 2.05) is 31.2 Å². The fourth-order valence-electron chi connectivity index (χ4n) is 3.53. The zero-order valence-corrected chi connectivity index (χ0v) is 16.2. The molecule has 0 unspecified atom stereocenters. The lowest BCUT2D eigenvalue weighted by Crippen LogP contribution is -2.37. The predicted octanol–water partition coefficient (Wildman–Crippen LogP) is 3.35. The number of anilines is 2. The summed E-state index contributed by atoms with van der Waals surface area (Å²) < 4.78 is 38.5. The largest absolute Gasteiger partial charge is 0.309 e. The summed E-state index contributed by atoms with van der Waals surface area (Å²) in [4.78, 5) is 14.5. The number of halogens is 1. The summed E-state index contributed by atoms with van der Waals surface area (Å²) in [5.41, 5.74) is 2.49. The van der Waals surface area contributed by atoms with Crippen molar-refractivity contribution in [2.75, 3.05) is 22.0 Å². The Kier molecular flexibility index (Phi) is 5.51. The van der Waals surface area contributed by atoms with E-state index in [0.29, 0.717) is 12.1 Å². The summed E-state index contributed by atoms with van der Waals surface area (Å²) in [6.45, 7) is 2.18. The monoisotopic (exact) mass is 390 g/mol. The molecule has 3 rings (SSSR count). The SMILES string of the molecule is C[C@@H]1Cc2ccccc2N1C(=O)CCCN(c1ccc(F)cc1)S(C)(=O)=O. The Morgan fingerprint density at radius 2 is 1.85 bits per heavy atom. The number of hydrogen-bond acceptors (Lipinski definition) is 3. The molecule has 0 bridgehead atoms. The molecule has 1 atom stereocenters. The van der Waals surface area contributed by atoms with Gasteiger partial charge in [0.05, 0.1) is 11.9 Å². The van der Waals surface area contributed by atoms with Crippen LogP contribution in [-0.2, 0) is 21.2 Å². The third-order valence-electron chi connectivity index (χ3n) is 4.74. The molecule has 0 N–H and O–H groups in total. The van der Waals surface area contributed by atoms with Crippen molar-refractivity contribution in [3.8, 4) is 0 Å². The highest BCUT2D eigenvalue weighted by Crippen LogP contribution is 2.32. The van der Waals surface area contributed by atoms with Crippen LogP contribution in [0.3, 0.4) is 0 Å². The molecule has 0 radical (unpaired) electrons. The van der Waals surface area contributed by atoms with Crippen LogP contribution in [0.2, 0.25) is 0 Å². The highest BCUT2D eigenvalue weighted by atomic mass is 32.2. The number of amides is 1. The van der Waals surface area contributed by atoms with Crippen molar-refractivity contribution in [1.29, 1.82) is 0 Å². The van der Waals surface area contributed by atoms with Crippen LogP contribution in [0, 0.1) is 5.82 Å². The third-order valence-corrected chi connectivity index (χ3v) is 5.94. The number of benzene rings is 2. The van der Waals surface area contributed by atoms with Crippen molar-refractivity contribution in [2.45, 2.75) is 32.2 Å². The van der Waals surface area contributed by atoms with E-state index in [1.165, 1.54) is 28.6 Å². The number of nitrogens with zero attached hydrogens (tertiary/aromatic N) is 2. The van der Waals surface area contributed by atoms with Gasteiger partial charge >= 0.3 is 0 Å². The van der Waals surface area contributed by atoms with E-state index in [-0.39, 0.29) is 24.9 Å². The molecule has 1 amide bonds. The molecule has 2 aromatic rings. The van der Waals surface area contributed by atoms with Crippen molar-refractivity contribution < 1.29 is 17.6 Å². The van der Waals surface area contributed by atoms with Crippen molar-refractivity contribution in [1.82, 2.24) is 0 Å². The first-order valence-corrected chi connectivity index (χ1v) is 10.8. The molecule has 1 aliphatic heterocycles. The standard InChI is InChI=1S/C20H23FN2O3S/c1-15-14-16-6-3-4-7-19(16)23(15)20(24)8-5-13-22(27(2,25)26)18-11-9-17(21)10-12-18/h3-4,6-7,9-12,15H,5,8,13-14H2,1-2H3/t15-/m1/s1. The molecule has 1 aliphatic rings. The minimum atomic E-state index is -3.52. The lowest BCUT2D eigenvalue weighted by atomic mass is 10.1. The van der Waals surface area contributed by atoms with Crippen LogP contribution in [0.5, 0.6) is 0 Å². The maximum Gasteiger partial charge on any atom is 0.232 e. The predicted molar refractivity (Wildman–Crippen MR) is 105 cm³/mol. The Morgan fingerprint density at radius 1 is 1.19 bits per heavy atom. The van der Waals surface area contributed by atoms with E-state index in [4.69, 9.17) is 0 Å². The van der Waals surface area contributed by atoms with Gasteiger partial charge in [-0.2, -0.15) is 0 Å². The first kappa shape index (κ1) is 19.4. The van der Waals surface area contributed by atoms with Gasteiger partial charge in [0.25, 0.3) is 0 Å². The van der Waals surface area contributed by atoms with Crippen molar-refractivity contribution >= 4 is 27.3 Å². The van der Waals surface area contributed by atoms with Crippen molar-refractivity contribution in [2.24, 2.45) is 0 Å². The van der Waals surface area contributed by atoms with Gasteiger partial charge in [0.1, 0.15) is 5.82 Å². The number of carbonyl (C=O) groups is 1. The number of hydrogen-bond donors (Lipinski definition) is 0. The lowest BCUT2D eigenvalue weighted by molar-refractivity contribution is -0.118. The van der Waals surface area contributed by atoms with Gasteiger partial charge in [0.2, 0.25) is 15.9 Å². The second-order valence-electron chi connectivity index (χ2n) is 6.86. The second kappa shape index (κ2) is 7.68. The Hall–Kier alpha value is -2.41. The molecule has 0 saturated heterocycles. The van der Waals surface area contributed by atoms with Gasteiger partial charge in [0.15, 0.2) is 0 Å². The van der Waals surface area contributed by atoms with Gasteiger partial charge in [-0.25, -0.2) is 12.8 Å². The number of sulfonamides is 1. The number of fused-ring (bicyclic) bond motifs is 1. The zero-order valence-electron chi connectivity index (χ0n) is 15.4. The van der Waals surface area contributed by atoms with Crippen molar-refractivity contribution in [3.05, 3.63) is 59.9 Å². The Bertz CT molecular complexity index is 928. The fourth-order valence-corrected chi connectivity index (χ4v) is 4.50. The van der Waals surface area contributed by atoms with Crippen LogP contribution in [-0.4, -0.2) is 33.2 Å². The minimum absolute atomic E-state index is 0.0139. The van der Waals surface area contributed by atoms with E-state index in [1.54, 1.807) is 4.90 Å². The molecule has 0 aromatic heterocycles. The number of carbonyl (C=O) groups excluding carboxylic acids is 1. The average Bonchev–Trinajstić information content (AvgIpc) is 2.94. The van der Waals surface area contributed by atoms with Crippen LogP contribution in [0.25, 0.3) is 0 Å². The van der Waals surface area contributed by atoms with E-state index in [2.05, 4.69) is 0 Å². The molecule has 144 valence electrons. The zero-order chi connectivity index (χ0) is 19.6. The molecule has 2 aromatic carbocycles. The Balaban J connectivity index is 1.67. The fraction of sp³-hybridized carbons (Fsp3) is 0.350. The molecule has 0 fully saturated rings. The average molecular weight is 390 g/mol. The molecule has 0 saturated carbocycles. The Labute approximate surface area is 159 Å². The third kappa shape index (κ3) is 4.30. The van der Waals surface area contributed by atoms with E-state index in [9.17, 15) is 17.6 Å². The van der Waals surface area contributed by atoms with Gasteiger partial charge in [0, 0.05) is 24.7 Å². The lowest BCUT2D eigenvalue weighted by Gasteiger charge is -2.25.